The summed E-state index contributed by atoms with van der Waals surface area (Å²) in [5, 5.41) is 21.5. The predicted molar refractivity (Wildman–Crippen MR) is 95.7 cm³/mol. The van der Waals surface area contributed by atoms with E-state index in [2.05, 4.69) is 4.74 Å². The highest BCUT2D eigenvalue weighted by molar-refractivity contribution is 5.87. The number of carbonyl (C=O) groups is 2. The van der Waals surface area contributed by atoms with Crippen molar-refractivity contribution in [1.82, 2.24) is 5.32 Å². The zero-order valence-electron chi connectivity index (χ0n) is 15.3. The molecule has 0 saturated carbocycles. The van der Waals surface area contributed by atoms with Gasteiger partial charge >= 0.3 is 12.3 Å². The molecule has 0 radical (unpaired) electrons. The van der Waals surface area contributed by atoms with Crippen LogP contribution in [0, 0.1) is 5.82 Å². The summed E-state index contributed by atoms with van der Waals surface area (Å²) in [6, 6.07) is 6.31. The topological polar surface area (TPSA) is 122 Å². The molecule has 3 atom stereocenters. The van der Waals surface area contributed by atoms with Crippen molar-refractivity contribution >= 4 is 11.9 Å². The molecule has 0 aliphatic carbocycles. The van der Waals surface area contributed by atoms with Gasteiger partial charge in [-0.15, -0.1) is 13.2 Å². The first kappa shape index (κ1) is 23.1. The van der Waals surface area contributed by atoms with E-state index in [9.17, 15) is 37.4 Å². The highest BCUT2D eigenvalue weighted by atomic mass is 19.4. The van der Waals surface area contributed by atoms with E-state index in [1.165, 1.54) is 30.3 Å². The van der Waals surface area contributed by atoms with E-state index in [0.717, 1.165) is 18.2 Å². The highest BCUT2D eigenvalue weighted by Crippen LogP contribution is 2.26. The summed E-state index contributed by atoms with van der Waals surface area (Å²) in [7, 11) is 0. The summed E-state index contributed by atoms with van der Waals surface area (Å²) in [6.07, 6.45) is -6.82. The van der Waals surface area contributed by atoms with Gasteiger partial charge in [0.1, 0.15) is 17.7 Å². The van der Waals surface area contributed by atoms with Crippen molar-refractivity contribution < 1.29 is 42.1 Å². The van der Waals surface area contributed by atoms with Gasteiger partial charge in [0.25, 0.3) is 5.91 Å². The number of hydrogen-bond acceptors (Lipinski definition) is 5. The number of hydrogen-bond donors (Lipinski definition) is 4. The van der Waals surface area contributed by atoms with Crippen LogP contribution in [0.25, 0.3) is 0 Å². The van der Waals surface area contributed by atoms with Gasteiger partial charge in [-0.05, 0) is 41.8 Å². The van der Waals surface area contributed by atoms with Crippen molar-refractivity contribution in [3.05, 3.63) is 65.5 Å². The number of carboxylic acids is 1. The van der Waals surface area contributed by atoms with Gasteiger partial charge in [0, 0.05) is 6.04 Å². The Kier molecular flexibility index (Phi) is 7.35. The van der Waals surface area contributed by atoms with Crippen molar-refractivity contribution in [2.24, 2.45) is 5.73 Å². The van der Waals surface area contributed by atoms with E-state index in [4.69, 9.17) is 5.73 Å². The summed E-state index contributed by atoms with van der Waals surface area (Å²) in [6.45, 7) is 0. The molecule has 0 spiro atoms. The van der Waals surface area contributed by atoms with Crippen LogP contribution in [0.2, 0.25) is 0 Å². The number of carboxylic acid groups (broad SMARTS) is 1. The molecule has 2 rings (SSSR count). The van der Waals surface area contributed by atoms with Crippen LogP contribution in [-0.4, -0.2) is 40.6 Å². The summed E-state index contributed by atoms with van der Waals surface area (Å²) in [5.74, 6) is -3.87. The molecule has 1 amide bonds. The van der Waals surface area contributed by atoms with Gasteiger partial charge < -0.3 is 26.0 Å². The monoisotopic (exact) mass is 430 g/mol. The Bertz CT molecular complexity index is 889. The molecule has 0 aromatic heterocycles. The lowest BCUT2D eigenvalue weighted by molar-refractivity contribution is -0.274. The number of carbonyl (C=O) groups excluding carboxylic acids is 1. The molecule has 0 heterocycles. The lowest BCUT2D eigenvalue weighted by atomic mass is 10.0. The molecule has 30 heavy (non-hydrogen) atoms. The van der Waals surface area contributed by atoms with Gasteiger partial charge in [-0.3, -0.25) is 4.79 Å². The molecule has 2 aromatic carbocycles. The van der Waals surface area contributed by atoms with Crippen LogP contribution in [0.5, 0.6) is 5.75 Å². The van der Waals surface area contributed by atoms with Gasteiger partial charge in [-0.25, -0.2) is 9.18 Å². The Labute approximate surface area is 168 Å². The molecule has 162 valence electrons. The average molecular weight is 430 g/mol. The maximum Gasteiger partial charge on any atom is 0.573 e. The normalized spacial score (nSPS) is 14.5. The number of benzene rings is 2. The molecule has 0 saturated heterocycles. The zero-order chi connectivity index (χ0) is 22.5. The fourth-order valence-electron chi connectivity index (χ4n) is 2.61. The van der Waals surface area contributed by atoms with Crippen LogP contribution < -0.4 is 15.8 Å². The molecule has 0 bridgehead atoms. The third-order valence-corrected chi connectivity index (χ3v) is 4.02. The number of nitrogens with one attached hydrogen (secondary N) is 1. The van der Waals surface area contributed by atoms with E-state index in [1.807, 2.05) is 5.32 Å². The third kappa shape index (κ3) is 6.71. The van der Waals surface area contributed by atoms with Crippen molar-refractivity contribution in [2.45, 2.75) is 31.0 Å². The minimum absolute atomic E-state index is 0.0124. The number of halogens is 4. The van der Waals surface area contributed by atoms with Crippen LogP contribution in [-0.2, 0) is 16.0 Å². The fraction of sp³-hybridized carbons (Fsp3) is 0.263. The molecule has 0 aliphatic heterocycles. The summed E-state index contributed by atoms with van der Waals surface area (Å²) in [4.78, 5) is 23.8. The number of amides is 1. The predicted octanol–water partition coefficient (Wildman–Crippen LogP) is 1.90. The smallest absolute Gasteiger partial charge is 0.479 e. The van der Waals surface area contributed by atoms with Gasteiger partial charge in [0.15, 0.2) is 6.04 Å². The lowest BCUT2D eigenvalue weighted by Gasteiger charge is -2.22. The molecule has 0 fully saturated rings. The zero-order valence-corrected chi connectivity index (χ0v) is 15.3. The van der Waals surface area contributed by atoms with Crippen LogP contribution in [0.15, 0.2) is 48.5 Å². The van der Waals surface area contributed by atoms with Crippen LogP contribution in [0.1, 0.15) is 17.2 Å². The number of alkyl halides is 3. The minimum atomic E-state index is -4.98. The molecule has 5 N–H and O–H groups in total. The SMILES string of the molecule is N[C@H](Cc1ccc(F)cc1)[C@H](O)C(=O)N[C@@H](C(=O)O)c1cccc(OC(F)(F)F)c1. The largest absolute Gasteiger partial charge is 0.573 e. The number of nitrogens with two attached hydrogens (primary N) is 1. The lowest BCUT2D eigenvalue weighted by Crippen LogP contribution is -2.49. The molecule has 2 aromatic rings. The number of aliphatic hydroxyl groups excluding tert-OH is 1. The maximum absolute atomic E-state index is 12.9. The first-order valence-electron chi connectivity index (χ1n) is 8.53. The summed E-state index contributed by atoms with van der Waals surface area (Å²) in [5.41, 5.74) is 6.09. The molecule has 0 aliphatic rings. The summed E-state index contributed by atoms with van der Waals surface area (Å²) >= 11 is 0. The number of aliphatic carboxylic acids is 1. The van der Waals surface area contributed by atoms with E-state index >= 15 is 0 Å². The maximum atomic E-state index is 12.9. The van der Waals surface area contributed by atoms with Crippen LogP contribution in [0.4, 0.5) is 17.6 Å². The fourth-order valence-corrected chi connectivity index (χ4v) is 2.61. The van der Waals surface area contributed by atoms with E-state index in [-0.39, 0.29) is 12.0 Å². The molecule has 11 heteroatoms. The van der Waals surface area contributed by atoms with Gasteiger partial charge in [0.2, 0.25) is 0 Å². The highest BCUT2D eigenvalue weighted by Gasteiger charge is 2.32. The standard InChI is InChI=1S/C19H18F4N2O5/c20-12-6-4-10(5-7-12)8-14(24)16(26)17(27)25-15(18(28)29)11-2-1-3-13(9-11)30-19(21,22)23/h1-7,9,14-16,26H,8,24H2,(H,25,27)(H,28,29)/t14-,15-,16+/m1/s1. The van der Waals surface area contributed by atoms with E-state index in [0.29, 0.717) is 5.56 Å². The second kappa shape index (κ2) is 9.55. The van der Waals surface area contributed by atoms with E-state index < -0.39 is 48.0 Å². The van der Waals surface area contributed by atoms with Crippen molar-refractivity contribution in [3.63, 3.8) is 0 Å². The Morgan fingerprint density at radius 1 is 1.13 bits per heavy atom. The number of ether oxygens (including phenoxy) is 1. The Morgan fingerprint density at radius 3 is 2.33 bits per heavy atom. The number of aliphatic hydroxyl groups is 1. The van der Waals surface area contributed by atoms with Gasteiger partial charge in [-0.2, -0.15) is 0 Å². The average Bonchev–Trinajstić information content (AvgIpc) is 2.65. The second-order valence-corrected chi connectivity index (χ2v) is 6.34. The third-order valence-electron chi connectivity index (χ3n) is 4.02. The summed E-state index contributed by atoms with van der Waals surface area (Å²) < 4.78 is 53.8. The minimum Gasteiger partial charge on any atom is -0.479 e. The molecule has 7 nitrogen and oxygen atoms in total. The molecular formula is C19H18F4N2O5. The first-order chi connectivity index (χ1) is 14.0. The van der Waals surface area contributed by atoms with E-state index in [1.54, 1.807) is 0 Å². The Balaban J connectivity index is 2.10. The van der Waals surface area contributed by atoms with Crippen LogP contribution in [0.3, 0.4) is 0 Å². The Morgan fingerprint density at radius 2 is 1.77 bits per heavy atom. The van der Waals surface area contributed by atoms with Gasteiger partial charge in [0.05, 0.1) is 0 Å². The van der Waals surface area contributed by atoms with Crippen molar-refractivity contribution in [2.75, 3.05) is 0 Å². The quantitative estimate of drug-likeness (QED) is 0.475. The second-order valence-electron chi connectivity index (χ2n) is 6.34. The number of rotatable bonds is 8. The molecular weight excluding hydrogens is 412 g/mol. The molecule has 0 unspecified atom stereocenters. The van der Waals surface area contributed by atoms with Crippen molar-refractivity contribution in [3.8, 4) is 5.75 Å². The first-order valence-corrected chi connectivity index (χ1v) is 8.53. The van der Waals surface area contributed by atoms with Crippen LogP contribution >= 0.6 is 0 Å². The van der Waals surface area contributed by atoms with Crippen molar-refractivity contribution in [1.29, 1.82) is 0 Å². The Hall–Kier alpha value is -3.18. The van der Waals surface area contributed by atoms with Gasteiger partial charge in [-0.1, -0.05) is 24.3 Å².